The third-order valence-corrected chi connectivity index (χ3v) is 4.49. The number of rotatable bonds is 6. The molecule has 1 aromatic heterocycles. The first-order chi connectivity index (χ1) is 13.0. The van der Waals surface area contributed by atoms with E-state index in [4.69, 9.17) is 4.74 Å². The molecule has 7 nitrogen and oxygen atoms in total. The van der Waals surface area contributed by atoms with Gasteiger partial charge in [0.25, 0.3) is 5.91 Å². The van der Waals surface area contributed by atoms with Crippen LogP contribution < -0.4 is 10.2 Å². The molecule has 0 radical (unpaired) electrons. The van der Waals surface area contributed by atoms with Gasteiger partial charge in [-0.2, -0.15) is 0 Å². The summed E-state index contributed by atoms with van der Waals surface area (Å²) in [7, 11) is 0. The van der Waals surface area contributed by atoms with Gasteiger partial charge in [-0.25, -0.2) is 4.79 Å². The summed E-state index contributed by atoms with van der Waals surface area (Å²) in [5.74, 6) is 0.114. The highest BCUT2D eigenvalue weighted by atomic mass is 16.5. The Labute approximate surface area is 158 Å². The lowest BCUT2D eigenvalue weighted by Crippen LogP contribution is -2.22. The van der Waals surface area contributed by atoms with E-state index in [-0.39, 0.29) is 12.3 Å². The van der Waals surface area contributed by atoms with Gasteiger partial charge in [0.05, 0.1) is 0 Å². The molecule has 0 atom stereocenters. The Bertz CT molecular complexity index is 782. The summed E-state index contributed by atoms with van der Waals surface area (Å²) in [4.78, 5) is 26.1. The maximum atomic E-state index is 12.0. The minimum absolute atomic E-state index is 0.0898. The van der Waals surface area contributed by atoms with E-state index in [1.54, 1.807) is 12.1 Å². The van der Waals surface area contributed by atoms with E-state index >= 15 is 0 Å². The normalized spacial score (nSPS) is 13.7. The molecule has 1 aliphatic heterocycles. The SMILES string of the molecule is CC(C)c1ccc(NC(=O)COC(=O)c2ccc(N3CCCC3)nn2)cc1. The predicted octanol–water partition coefficient (Wildman–Crippen LogP) is 3.00. The fourth-order valence-corrected chi connectivity index (χ4v) is 2.90. The number of ether oxygens (including phenoxy) is 1. The zero-order chi connectivity index (χ0) is 19.2. The molecule has 0 bridgehead atoms. The lowest BCUT2D eigenvalue weighted by atomic mass is 10.0. The monoisotopic (exact) mass is 368 g/mol. The van der Waals surface area contributed by atoms with Crippen molar-refractivity contribution in [2.45, 2.75) is 32.6 Å². The molecule has 1 aromatic carbocycles. The molecule has 2 aromatic rings. The van der Waals surface area contributed by atoms with Crippen molar-refractivity contribution in [2.75, 3.05) is 29.9 Å². The Kier molecular flexibility index (Phi) is 6.01. The number of anilines is 2. The maximum absolute atomic E-state index is 12.0. The molecule has 1 fully saturated rings. The van der Waals surface area contributed by atoms with Gasteiger partial charge >= 0.3 is 5.97 Å². The summed E-state index contributed by atoms with van der Waals surface area (Å²) in [6.07, 6.45) is 2.28. The molecule has 1 saturated heterocycles. The van der Waals surface area contributed by atoms with Gasteiger partial charge in [0.2, 0.25) is 0 Å². The van der Waals surface area contributed by atoms with Crippen molar-refractivity contribution < 1.29 is 14.3 Å². The van der Waals surface area contributed by atoms with Gasteiger partial charge in [-0.1, -0.05) is 26.0 Å². The number of hydrogen-bond acceptors (Lipinski definition) is 6. The van der Waals surface area contributed by atoms with Gasteiger partial charge in [0.15, 0.2) is 18.1 Å². The molecule has 1 amide bonds. The quantitative estimate of drug-likeness (QED) is 0.789. The Balaban J connectivity index is 1.48. The first kappa shape index (κ1) is 18.8. The number of nitrogens with one attached hydrogen (secondary N) is 1. The van der Waals surface area contributed by atoms with Crippen LogP contribution in [0.4, 0.5) is 11.5 Å². The highest BCUT2D eigenvalue weighted by Crippen LogP contribution is 2.18. The molecule has 0 saturated carbocycles. The Morgan fingerprint density at radius 2 is 1.78 bits per heavy atom. The van der Waals surface area contributed by atoms with Gasteiger partial charge < -0.3 is 15.0 Å². The van der Waals surface area contributed by atoms with Crippen LogP contribution in [-0.4, -0.2) is 41.8 Å². The topological polar surface area (TPSA) is 84.4 Å². The molecule has 142 valence electrons. The summed E-state index contributed by atoms with van der Waals surface area (Å²) in [5.41, 5.74) is 1.94. The van der Waals surface area contributed by atoms with E-state index < -0.39 is 11.9 Å². The molecule has 0 unspecified atom stereocenters. The fraction of sp³-hybridized carbons (Fsp3) is 0.400. The van der Waals surface area contributed by atoms with Gasteiger partial charge in [-0.05, 0) is 48.6 Å². The maximum Gasteiger partial charge on any atom is 0.359 e. The fourth-order valence-electron chi connectivity index (χ4n) is 2.90. The van der Waals surface area contributed by atoms with Crippen LogP contribution >= 0.6 is 0 Å². The summed E-state index contributed by atoms with van der Waals surface area (Å²) in [5, 5.41) is 10.7. The first-order valence-electron chi connectivity index (χ1n) is 9.18. The van der Waals surface area contributed by atoms with Gasteiger partial charge in [0, 0.05) is 18.8 Å². The van der Waals surface area contributed by atoms with Crippen LogP contribution in [0.5, 0.6) is 0 Å². The van der Waals surface area contributed by atoms with Crippen LogP contribution in [-0.2, 0) is 9.53 Å². The van der Waals surface area contributed by atoms with Crippen LogP contribution in [0.1, 0.15) is 48.7 Å². The molecule has 3 rings (SSSR count). The van der Waals surface area contributed by atoms with E-state index in [1.807, 2.05) is 24.3 Å². The Morgan fingerprint density at radius 1 is 1.07 bits per heavy atom. The van der Waals surface area contributed by atoms with Crippen molar-refractivity contribution in [1.29, 1.82) is 0 Å². The number of benzene rings is 1. The predicted molar refractivity (Wildman–Crippen MR) is 103 cm³/mol. The van der Waals surface area contributed by atoms with E-state index in [9.17, 15) is 9.59 Å². The second-order valence-electron chi connectivity index (χ2n) is 6.87. The highest BCUT2D eigenvalue weighted by Gasteiger charge is 2.16. The summed E-state index contributed by atoms with van der Waals surface area (Å²) < 4.78 is 5.02. The van der Waals surface area contributed by atoms with Crippen LogP contribution in [0.15, 0.2) is 36.4 Å². The first-order valence-corrected chi connectivity index (χ1v) is 9.18. The third-order valence-electron chi connectivity index (χ3n) is 4.49. The lowest BCUT2D eigenvalue weighted by molar-refractivity contribution is -0.119. The number of carbonyl (C=O) groups is 2. The van der Waals surface area contributed by atoms with E-state index in [0.29, 0.717) is 11.6 Å². The molecular weight excluding hydrogens is 344 g/mol. The zero-order valence-corrected chi connectivity index (χ0v) is 15.6. The minimum atomic E-state index is -0.666. The van der Waals surface area contributed by atoms with Crippen molar-refractivity contribution >= 4 is 23.4 Å². The van der Waals surface area contributed by atoms with Crippen molar-refractivity contribution in [1.82, 2.24) is 10.2 Å². The smallest absolute Gasteiger partial charge is 0.359 e. The number of esters is 1. The standard InChI is InChI=1S/C20H24N4O3/c1-14(2)15-5-7-16(8-6-15)21-19(25)13-27-20(26)17-9-10-18(23-22-17)24-11-3-4-12-24/h5-10,14H,3-4,11-13H2,1-2H3,(H,21,25). The number of hydrogen-bond donors (Lipinski definition) is 1. The molecule has 27 heavy (non-hydrogen) atoms. The molecule has 0 aliphatic carbocycles. The second kappa shape index (κ2) is 8.62. The number of carbonyl (C=O) groups excluding carboxylic acids is 2. The number of amides is 1. The van der Waals surface area contributed by atoms with Crippen molar-refractivity contribution in [3.8, 4) is 0 Å². The van der Waals surface area contributed by atoms with Gasteiger partial charge in [0.1, 0.15) is 0 Å². The van der Waals surface area contributed by atoms with Crippen molar-refractivity contribution in [3.05, 3.63) is 47.7 Å². The lowest BCUT2D eigenvalue weighted by Gasteiger charge is -2.15. The van der Waals surface area contributed by atoms with E-state index in [1.165, 1.54) is 5.56 Å². The highest BCUT2D eigenvalue weighted by molar-refractivity contribution is 5.94. The van der Waals surface area contributed by atoms with Crippen molar-refractivity contribution in [2.24, 2.45) is 0 Å². The minimum Gasteiger partial charge on any atom is -0.451 e. The molecular formula is C20H24N4O3. The molecule has 1 aliphatic rings. The summed E-state index contributed by atoms with van der Waals surface area (Å²) in [6.45, 7) is 5.75. The number of aromatic nitrogens is 2. The average Bonchev–Trinajstić information content (AvgIpc) is 3.21. The zero-order valence-electron chi connectivity index (χ0n) is 15.6. The van der Waals surface area contributed by atoms with Gasteiger partial charge in [-0.15, -0.1) is 10.2 Å². The average molecular weight is 368 g/mol. The van der Waals surface area contributed by atoms with Crippen LogP contribution in [0.3, 0.4) is 0 Å². The Morgan fingerprint density at radius 3 is 2.37 bits per heavy atom. The van der Waals surface area contributed by atoms with Crippen LogP contribution in [0.25, 0.3) is 0 Å². The van der Waals surface area contributed by atoms with E-state index in [0.717, 1.165) is 31.7 Å². The van der Waals surface area contributed by atoms with Crippen LogP contribution in [0, 0.1) is 0 Å². The molecule has 1 N–H and O–H groups in total. The second-order valence-corrected chi connectivity index (χ2v) is 6.87. The third kappa shape index (κ3) is 5.03. The summed E-state index contributed by atoms with van der Waals surface area (Å²) >= 11 is 0. The Hall–Kier alpha value is -2.96. The largest absolute Gasteiger partial charge is 0.451 e. The summed E-state index contributed by atoms with van der Waals surface area (Å²) in [6, 6.07) is 10.9. The molecule has 7 heteroatoms. The molecule has 0 spiro atoms. The van der Waals surface area contributed by atoms with Gasteiger partial charge in [-0.3, -0.25) is 4.79 Å². The molecule has 2 heterocycles. The van der Waals surface area contributed by atoms with Crippen LogP contribution in [0.2, 0.25) is 0 Å². The van der Waals surface area contributed by atoms with E-state index in [2.05, 4.69) is 34.3 Å². The van der Waals surface area contributed by atoms with Crippen molar-refractivity contribution in [3.63, 3.8) is 0 Å². The number of nitrogens with zero attached hydrogens (tertiary/aromatic N) is 3.